The maximum absolute atomic E-state index is 6.10. The summed E-state index contributed by atoms with van der Waals surface area (Å²) < 4.78 is 10.9. The fourth-order valence-electron chi connectivity index (χ4n) is 1.81. The molecule has 112 valence electrons. The van der Waals surface area contributed by atoms with E-state index in [4.69, 9.17) is 32.7 Å². The number of ether oxygens (including phenoxy) is 2. The number of benzene rings is 2. The summed E-state index contributed by atoms with van der Waals surface area (Å²) in [7, 11) is 1.64. The van der Waals surface area contributed by atoms with Crippen LogP contribution in [0.15, 0.2) is 42.5 Å². The van der Waals surface area contributed by atoms with Gasteiger partial charge < -0.3 is 14.8 Å². The second kappa shape index (κ2) is 7.43. The van der Waals surface area contributed by atoms with Crippen LogP contribution in [0.2, 0.25) is 10.0 Å². The van der Waals surface area contributed by atoms with Crippen LogP contribution in [0.4, 0.5) is 5.69 Å². The number of anilines is 1. The number of hydrogen-bond acceptors (Lipinski definition) is 3. The summed E-state index contributed by atoms with van der Waals surface area (Å²) in [6.45, 7) is 2.62. The lowest BCUT2D eigenvalue weighted by Gasteiger charge is -2.17. The lowest BCUT2D eigenvalue weighted by Crippen LogP contribution is -2.22. The minimum Gasteiger partial charge on any atom is -0.497 e. The van der Waals surface area contributed by atoms with Crippen LogP contribution in [-0.4, -0.2) is 19.8 Å². The van der Waals surface area contributed by atoms with E-state index in [0.717, 1.165) is 17.2 Å². The third-order valence-electron chi connectivity index (χ3n) is 2.91. The summed E-state index contributed by atoms with van der Waals surface area (Å²) in [5.74, 6) is 1.60. The molecule has 2 rings (SSSR count). The fourth-order valence-corrected chi connectivity index (χ4v) is 2.29. The van der Waals surface area contributed by atoms with Crippen molar-refractivity contribution in [3.05, 3.63) is 52.5 Å². The van der Waals surface area contributed by atoms with Gasteiger partial charge in [-0.1, -0.05) is 23.2 Å². The smallest absolute Gasteiger partial charge is 0.120 e. The first-order chi connectivity index (χ1) is 10.1. The standard InChI is InChI=1S/C16H17Cl2NO2/c1-11(21-14-6-4-13(20-2)5-7-14)10-19-16-8-3-12(17)9-15(16)18/h3-9,11,19H,10H2,1-2H3/t11-/m0/s1. The molecule has 0 saturated heterocycles. The highest BCUT2D eigenvalue weighted by Crippen LogP contribution is 2.25. The van der Waals surface area contributed by atoms with Crippen LogP contribution >= 0.6 is 23.2 Å². The number of methoxy groups -OCH3 is 1. The number of rotatable bonds is 6. The van der Waals surface area contributed by atoms with E-state index in [0.29, 0.717) is 16.6 Å². The normalized spacial score (nSPS) is 11.8. The van der Waals surface area contributed by atoms with Gasteiger partial charge in [0.05, 0.1) is 24.4 Å². The van der Waals surface area contributed by atoms with Crippen molar-refractivity contribution in [3.8, 4) is 11.5 Å². The van der Waals surface area contributed by atoms with Crippen molar-refractivity contribution in [3.63, 3.8) is 0 Å². The van der Waals surface area contributed by atoms with E-state index in [2.05, 4.69) is 5.32 Å². The molecule has 0 aliphatic carbocycles. The Balaban J connectivity index is 1.87. The highest BCUT2D eigenvalue weighted by atomic mass is 35.5. The zero-order valence-corrected chi connectivity index (χ0v) is 13.4. The van der Waals surface area contributed by atoms with Gasteiger partial charge >= 0.3 is 0 Å². The van der Waals surface area contributed by atoms with Gasteiger partial charge in [-0.05, 0) is 49.4 Å². The van der Waals surface area contributed by atoms with Crippen molar-refractivity contribution in [2.24, 2.45) is 0 Å². The maximum atomic E-state index is 6.10. The van der Waals surface area contributed by atoms with Crippen LogP contribution in [0.5, 0.6) is 11.5 Å². The Hall–Kier alpha value is -1.58. The minimum absolute atomic E-state index is 0.00913. The molecule has 0 fully saturated rings. The van der Waals surface area contributed by atoms with Crippen LogP contribution in [0.25, 0.3) is 0 Å². The first kappa shape index (κ1) is 15.8. The molecule has 5 heteroatoms. The minimum atomic E-state index is -0.00913. The van der Waals surface area contributed by atoms with Gasteiger partial charge in [0.15, 0.2) is 0 Å². The van der Waals surface area contributed by atoms with Gasteiger partial charge in [-0.2, -0.15) is 0 Å². The van der Waals surface area contributed by atoms with Crippen LogP contribution < -0.4 is 14.8 Å². The molecule has 0 amide bonds. The summed E-state index contributed by atoms with van der Waals surface area (Å²) in [6, 6.07) is 12.8. The van der Waals surface area contributed by atoms with Crippen molar-refractivity contribution >= 4 is 28.9 Å². The second-order valence-corrected chi connectivity index (χ2v) is 5.45. The maximum Gasteiger partial charge on any atom is 0.120 e. The summed E-state index contributed by atoms with van der Waals surface area (Å²) in [6.07, 6.45) is -0.00913. The van der Waals surface area contributed by atoms with Gasteiger partial charge in [-0.3, -0.25) is 0 Å². The monoisotopic (exact) mass is 325 g/mol. The number of nitrogens with one attached hydrogen (secondary N) is 1. The molecule has 21 heavy (non-hydrogen) atoms. The van der Waals surface area contributed by atoms with Crippen LogP contribution in [0.3, 0.4) is 0 Å². The van der Waals surface area contributed by atoms with Gasteiger partial charge in [0.1, 0.15) is 17.6 Å². The van der Waals surface area contributed by atoms with Crippen molar-refractivity contribution in [1.82, 2.24) is 0 Å². The molecule has 3 nitrogen and oxygen atoms in total. The Morgan fingerprint density at radius 2 is 1.71 bits per heavy atom. The van der Waals surface area contributed by atoms with E-state index in [1.807, 2.05) is 37.3 Å². The lowest BCUT2D eigenvalue weighted by atomic mass is 10.3. The van der Waals surface area contributed by atoms with Gasteiger partial charge in [0.2, 0.25) is 0 Å². The fraction of sp³-hybridized carbons (Fsp3) is 0.250. The summed E-state index contributed by atoms with van der Waals surface area (Å²) >= 11 is 12.0. The zero-order valence-electron chi connectivity index (χ0n) is 11.9. The van der Waals surface area contributed by atoms with Crippen molar-refractivity contribution in [1.29, 1.82) is 0 Å². The Morgan fingerprint density at radius 1 is 1.05 bits per heavy atom. The van der Waals surface area contributed by atoms with Gasteiger partial charge in [0.25, 0.3) is 0 Å². The van der Waals surface area contributed by atoms with E-state index >= 15 is 0 Å². The third kappa shape index (κ3) is 4.73. The second-order valence-electron chi connectivity index (χ2n) is 4.61. The quantitative estimate of drug-likeness (QED) is 0.820. The summed E-state index contributed by atoms with van der Waals surface area (Å²) in [5.41, 5.74) is 0.839. The first-order valence-electron chi connectivity index (χ1n) is 6.58. The molecule has 0 heterocycles. The Bertz CT molecular complexity index is 587. The Kier molecular flexibility index (Phi) is 5.59. The van der Waals surface area contributed by atoms with Gasteiger partial charge in [0, 0.05) is 5.02 Å². The molecule has 0 aliphatic heterocycles. The molecule has 1 atom stereocenters. The predicted octanol–water partition coefficient (Wildman–Crippen LogP) is 4.88. The average Bonchev–Trinajstić information content (AvgIpc) is 2.47. The molecule has 0 unspecified atom stereocenters. The molecule has 0 spiro atoms. The van der Waals surface area contributed by atoms with Gasteiger partial charge in [-0.25, -0.2) is 0 Å². The average molecular weight is 326 g/mol. The van der Waals surface area contributed by atoms with Crippen molar-refractivity contribution < 1.29 is 9.47 Å². The summed E-state index contributed by atoms with van der Waals surface area (Å²) in [5, 5.41) is 4.46. The van der Waals surface area contributed by atoms with Crippen LogP contribution in [0, 0.1) is 0 Å². The van der Waals surface area contributed by atoms with Crippen LogP contribution in [-0.2, 0) is 0 Å². The molecule has 0 aromatic heterocycles. The van der Waals surface area contributed by atoms with E-state index in [9.17, 15) is 0 Å². The zero-order chi connectivity index (χ0) is 15.2. The largest absolute Gasteiger partial charge is 0.497 e. The van der Waals surface area contributed by atoms with E-state index in [-0.39, 0.29) is 6.10 Å². The molecular formula is C16H17Cl2NO2. The number of halogens is 2. The highest BCUT2D eigenvalue weighted by Gasteiger charge is 2.06. The molecule has 2 aromatic carbocycles. The van der Waals surface area contributed by atoms with E-state index in [1.165, 1.54) is 0 Å². The van der Waals surface area contributed by atoms with Crippen LogP contribution in [0.1, 0.15) is 6.92 Å². The van der Waals surface area contributed by atoms with E-state index < -0.39 is 0 Å². The SMILES string of the molecule is COc1ccc(O[C@@H](C)CNc2ccc(Cl)cc2Cl)cc1. The van der Waals surface area contributed by atoms with Gasteiger partial charge in [-0.15, -0.1) is 0 Å². The predicted molar refractivity (Wildman–Crippen MR) is 88.0 cm³/mol. The molecule has 0 bridgehead atoms. The molecule has 0 saturated carbocycles. The van der Waals surface area contributed by atoms with Crippen molar-refractivity contribution in [2.45, 2.75) is 13.0 Å². The molecular weight excluding hydrogens is 309 g/mol. The van der Waals surface area contributed by atoms with Crippen molar-refractivity contribution in [2.75, 3.05) is 19.0 Å². The lowest BCUT2D eigenvalue weighted by molar-refractivity contribution is 0.234. The Morgan fingerprint density at radius 3 is 2.33 bits per heavy atom. The number of hydrogen-bond donors (Lipinski definition) is 1. The first-order valence-corrected chi connectivity index (χ1v) is 7.33. The molecule has 2 aromatic rings. The molecule has 0 aliphatic rings. The Labute approximate surface area is 134 Å². The third-order valence-corrected chi connectivity index (χ3v) is 3.46. The molecule has 1 N–H and O–H groups in total. The summed E-state index contributed by atoms with van der Waals surface area (Å²) in [4.78, 5) is 0. The highest BCUT2D eigenvalue weighted by molar-refractivity contribution is 6.36. The topological polar surface area (TPSA) is 30.5 Å². The molecule has 0 radical (unpaired) electrons. The van der Waals surface area contributed by atoms with E-state index in [1.54, 1.807) is 19.2 Å².